The molecule has 0 atom stereocenters. The minimum atomic E-state index is -1.84. The Kier molecular flexibility index (Phi) is 6.99. The maximum absolute atomic E-state index is 13.0. The second kappa shape index (κ2) is 9.85. The second-order valence-electron chi connectivity index (χ2n) is 6.91. The maximum atomic E-state index is 13.0. The molecule has 154 valence electrons. The van der Waals surface area contributed by atoms with Crippen LogP contribution in [0.5, 0.6) is 0 Å². The van der Waals surface area contributed by atoms with Gasteiger partial charge in [0.1, 0.15) is 0 Å². The number of benzene rings is 3. The van der Waals surface area contributed by atoms with Crippen LogP contribution in [0, 0.1) is 0 Å². The molecule has 0 spiro atoms. The smallest absolute Gasteiger partial charge is 0.281 e. The van der Waals surface area contributed by atoms with Gasteiger partial charge in [-0.1, -0.05) is 72.8 Å². The Bertz CT molecular complexity index is 927. The highest BCUT2D eigenvalue weighted by atomic mass is 16.3. The third-order valence-electron chi connectivity index (χ3n) is 5.11. The molecule has 5 heteroatoms. The molecule has 0 saturated carbocycles. The normalized spacial score (nSPS) is 11.4. The van der Waals surface area contributed by atoms with Gasteiger partial charge >= 0.3 is 0 Å². The lowest BCUT2D eigenvalue weighted by Gasteiger charge is -2.27. The number of anilines is 1. The maximum Gasteiger partial charge on any atom is 0.281 e. The van der Waals surface area contributed by atoms with E-state index in [1.54, 1.807) is 54.7 Å². The highest BCUT2D eigenvalue weighted by molar-refractivity contribution is 5.91. The number of nitrogens with one attached hydrogen (secondary N) is 1. The predicted molar refractivity (Wildman–Crippen MR) is 122 cm³/mol. The third-order valence-corrected chi connectivity index (χ3v) is 5.11. The summed E-state index contributed by atoms with van der Waals surface area (Å²) in [5.74, 6) is -0.615. The molecule has 0 radical (unpaired) electrons. The van der Waals surface area contributed by atoms with Crippen molar-refractivity contribution < 1.29 is 9.90 Å². The van der Waals surface area contributed by atoms with Gasteiger partial charge < -0.3 is 10.0 Å². The lowest BCUT2D eigenvalue weighted by atomic mass is 9.85. The third kappa shape index (κ3) is 4.58. The molecule has 3 aromatic rings. The molecule has 0 unspecified atom stereocenters. The van der Waals surface area contributed by atoms with Crippen molar-refractivity contribution in [1.29, 1.82) is 0 Å². The van der Waals surface area contributed by atoms with Crippen LogP contribution in [-0.2, 0) is 10.4 Å². The summed E-state index contributed by atoms with van der Waals surface area (Å²) in [5, 5.41) is 15.5. The van der Waals surface area contributed by atoms with Crippen molar-refractivity contribution in [3.63, 3.8) is 0 Å². The Labute approximate surface area is 177 Å². The van der Waals surface area contributed by atoms with Crippen molar-refractivity contribution in [2.45, 2.75) is 19.4 Å². The fraction of sp³-hybridized carbons (Fsp3) is 0.200. The molecule has 3 aromatic carbocycles. The Morgan fingerprint density at radius 3 is 1.87 bits per heavy atom. The number of hydrazone groups is 1. The van der Waals surface area contributed by atoms with Crippen molar-refractivity contribution in [2.24, 2.45) is 5.10 Å². The lowest BCUT2D eigenvalue weighted by Crippen LogP contribution is -2.43. The zero-order valence-electron chi connectivity index (χ0n) is 17.3. The van der Waals surface area contributed by atoms with E-state index in [4.69, 9.17) is 0 Å². The van der Waals surface area contributed by atoms with Crippen LogP contribution >= 0.6 is 0 Å². The molecular formula is C25H27N3O2. The highest BCUT2D eigenvalue weighted by Crippen LogP contribution is 2.29. The summed E-state index contributed by atoms with van der Waals surface area (Å²) >= 11 is 0. The Morgan fingerprint density at radius 2 is 1.40 bits per heavy atom. The van der Waals surface area contributed by atoms with Crippen molar-refractivity contribution in [3.8, 4) is 0 Å². The molecule has 0 fully saturated rings. The van der Waals surface area contributed by atoms with E-state index in [0.29, 0.717) is 11.1 Å². The van der Waals surface area contributed by atoms with Crippen molar-refractivity contribution in [1.82, 2.24) is 5.43 Å². The van der Waals surface area contributed by atoms with Crippen molar-refractivity contribution in [3.05, 3.63) is 102 Å². The molecule has 0 heterocycles. The monoisotopic (exact) mass is 401 g/mol. The van der Waals surface area contributed by atoms with Gasteiger partial charge in [-0.15, -0.1) is 0 Å². The summed E-state index contributed by atoms with van der Waals surface area (Å²) in [6.07, 6.45) is 1.57. The van der Waals surface area contributed by atoms with Gasteiger partial charge in [-0.05, 0) is 42.7 Å². The Hall–Kier alpha value is -3.44. The van der Waals surface area contributed by atoms with Crippen LogP contribution in [-0.4, -0.2) is 30.3 Å². The molecular weight excluding hydrogens is 374 g/mol. The summed E-state index contributed by atoms with van der Waals surface area (Å²) in [7, 11) is 0. The summed E-state index contributed by atoms with van der Waals surface area (Å²) in [4.78, 5) is 15.2. The average Bonchev–Trinajstić information content (AvgIpc) is 2.81. The average molecular weight is 402 g/mol. The number of nitrogens with zero attached hydrogens (tertiary/aromatic N) is 2. The van der Waals surface area contributed by atoms with Crippen LogP contribution in [0.3, 0.4) is 0 Å². The molecule has 0 aliphatic rings. The predicted octanol–water partition coefficient (Wildman–Crippen LogP) is 3.92. The minimum Gasteiger partial charge on any atom is -0.372 e. The van der Waals surface area contributed by atoms with Crippen LogP contribution in [0.4, 0.5) is 5.69 Å². The summed E-state index contributed by atoms with van der Waals surface area (Å²) in [5.41, 5.74) is 3.61. The number of carbonyl (C=O) groups excluding carboxylic acids is 1. The van der Waals surface area contributed by atoms with Crippen LogP contribution in [0.1, 0.15) is 30.5 Å². The van der Waals surface area contributed by atoms with E-state index in [2.05, 4.69) is 29.3 Å². The highest BCUT2D eigenvalue weighted by Gasteiger charge is 2.39. The molecule has 0 aromatic heterocycles. The molecule has 0 bridgehead atoms. The zero-order valence-corrected chi connectivity index (χ0v) is 17.3. The number of rotatable bonds is 8. The first-order valence-electron chi connectivity index (χ1n) is 10.1. The minimum absolute atomic E-state index is 0.479. The molecule has 0 aliphatic heterocycles. The summed E-state index contributed by atoms with van der Waals surface area (Å²) in [6.45, 7) is 6.12. The van der Waals surface area contributed by atoms with Gasteiger partial charge in [0, 0.05) is 18.8 Å². The van der Waals surface area contributed by atoms with Gasteiger partial charge in [-0.25, -0.2) is 5.43 Å². The first-order valence-corrected chi connectivity index (χ1v) is 10.1. The molecule has 0 aliphatic carbocycles. The van der Waals surface area contributed by atoms with E-state index in [-0.39, 0.29) is 0 Å². The SMILES string of the molecule is CCN(CC)c1ccc(/C=N/NC(=O)C(O)(c2ccccc2)c2ccccc2)cc1. The zero-order chi connectivity index (χ0) is 21.4. The number of aliphatic hydroxyl groups is 1. The first kappa shape index (κ1) is 21.3. The molecule has 1 amide bonds. The molecule has 0 saturated heterocycles. The van der Waals surface area contributed by atoms with Gasteiger partial charge in [-0.2, -0.15) is 5.10 Å². The van der Waals surface area contributed by atoms with Gasteiger partial charge in [0.15, 0.2) is 5.60 Å². The quantitative estimate of drug-likeness (QED) is 0.444. The standard InChI is InChI=1S/C25H27N3O2/c1-3-28(4-2)23-17-15-20(16-18-23)19-26-27-24(29)25(30,21-11-7-5-8-12-21)22-13-9-6-10-14-22/h5-19,30H,3-4H2,1-2H3,(H,27,29)/b26-19+. The molecule has 5 nitrogen and oxygen atoms in total. The van der Waals surface area contributed by atoms with Crippen LogP contribution in [0.25, 0.3) is 0 Å². The van der Waals surface area contributed by atoms with Gasteiger partial charge in [-0.3, -0.25) is 4.79 Å². The van der Waals surface area contributed by atoms with Crippen LogP contribution in [0.15, 0.2) is 90.0 Å². The van der Waals surface area contributed by atoms with Crippen LogP contribution < -0.4 is 10.3 Å². The summed E-state index contributed by atoms with van der Waals surface area (Å²) < 4.78 is 0. The lowest BCUT2D eigenvalue weighted by molar-refractivity contribution is -0.136. The van der Waals surface area contributed by atoms with E-state index >= 15 is 0 Å². The van der Waals surface area contributed by atoms with Gasteiger partial charge in [0.25, 0.3) is 5.91 Å². The number of hydrogen-bond donors (Lipinski definition) is 2. The fourth-order valence-corrected chi connectivity index (χ4v) is 3.39. The van der Waals surface area contributed by atoms with Crippen molar-refractivity contribution in [2.75, 3.05) is 18.0 Å². The first-order chi connectivity index (χ1) is 14.6. The van der Waals surface area contributed by atoms with Gasteiger partial charge in [0.2, 0.25) is 0 Å². The second-order valence-corrected chi connectivity index (χ2v) is 6.91. The molecule has 2 N–H and O–H groups in total. The summed E-state index contributed by atoms with van der Waals surface area (Å²) in [6, 6.07) is 25.7. The van der Waals surface area contributed by atoms with E-state index in [1.807, 2.05) is 36.4 Å². The topological polar surface area (TPSA) is 64.9 Å². The fourth-order valence-electron chi connectivity index (χ4n) is 3.39. The van der Waals surface area contributed by atoms with E-state index in [1.165, 1.54) is 0 Å². The van der Waals surface area contributed by atoms with E-state index in [0.717, 1.165) is 24.3 Å². The Balaban J connectivity index is 1.78. The van der Waals surface area contributed by atoms with Gasteiger partial charge in [0.05, 0.1) is 6.21 Å². The number of amides is 1. The van der Waals surface area contributed by atoms with E-state index < -0.39 is 11.5 Å². The molecule has 3 rings (SSSR count). The van der Waals surface area contributed by atoms with Crippen molar-refractivity contribution >= 4 is 17.8 Å². The molecule has 30 heavy (non-hydrogen) atoms. The number of carbonyl (C=O) groups is 1. The Morgan fingerprint density at radius 1 is 0.900 bits per heavy atom. The van der Waals surface area contributed by atoms with Crippen LogP contribution in [0.2, 0.25) is 0 Å². The van der Waals surface area contributed by atoms with E-state index in [9.17, 15) is 9.90 Å². The largest absolute Gasteiger partial charge is 0.372 e. The number of hydrogen-bond acceptors (Lipinski definition) is 4.